The van der Waals surface area contributed by atoms with Gasteiger partial charge in [-0.1, -0.05) is 35.9 Å². The first-order valence-corrected chi connectivity index (χ1v) is 8.28. The van der Waals surface area contributed by atoms with E-state index in [4.69, 9.17) is 11.6 Å². The molecule has 0 saturated carbocycles. The van der Waals surface area contributed by atoms with Crippen molar-refractivity contribution in [3.05, 3.63) is 56.7 Å². The van der Waals surface area contributed by atoms with Gasteiger partial charge in [0, 0.05) is 16.8 Å². The molecule has 120 valence electrons. The summed E-state index contributed by atoms with van der Waals surface area (Å²) in [6, 6.07) is 5.55. The molecule has 3 rings (SSSR count). The average molecular weight is 353 g/mol. The predicted octanol–water partition coefficient (Wildman–Crippen LogP) is 3.68. The molecule has 2 heterocycles. The van der Waals surface area contributed by atoms with Crippen LogP contribution in [0.4, 0.5) is 9.52 Å². The van der Waals surface area contributed by atoms with Crippen molar-refractivity contribution in [2.24, 2.45) is 0 Å². The van der Waals surface area contributed by atoms with Crippen LogP contribution in [0.2, 0.25) is 5.02 Å². The predicted molar refractivity (Wildman–Crippen MR) is 90.0 cm³/mol. The van der Waals surface area contributed by atoms with Crippen molar-refractivity contribution in [3.8, 4) is 0 Å². The minimum Gasteiger partial charge on any atom is -0.354 e. The van der Waals surface area contributed by atoms with Crippen LogP contribution in [0.3, 0.4) is 0 Å². The van der Waals surface area contributed by atoms with Crippen LogP contribution in [0.25, 0.3) is 4.96 Å². The zero-order chi connectivity index (χ0) is 16.6. The van der Waals surface area contributed by atoms with Crippen molar-refractivity contribution in [1.29, 1.82) is 0 Å². The molecule has 0 radical (unpaired) electrons. The van der Waals surface area contributed by atoms with Crippen molar-refractivity contribution in [2.45, 2.75) is 26.3 Å². The van der Waals surface area contributed by atoms with E-state index in [2.05, 4.69) is 15.4 Å². The van der Waals surface area contributed by atoms with Crippen LogP contribution in [0.5, 0.6) is 0 Å². The maximum Gasteiger partial charge on any atom is 0.275 e. The molecule has 8 heteroatoms. The zero-order valence-corrected chi connectivity index (χ0v) is 14.1. The topological polar surface area (TPSA) is 59.3 Å². The molecule has 0 fully saturated rings. The summed E-state index contributed by atoms with van der Waals surface area (Å²) in [7, 11) is 0. The van der Waals surface area contributed by atoms with Crippen LogP contribution in [-0.2, 0) is 6.42 Å². The number of halogens is 2. The lowest BCUT2D eigenvalue weighted by Crippen LogP contribution is -2.15. The number of rotatable bonds is 4. The van der Waals surface area contributed by atoms with Gasteiger partial charge in [0.15, 0.2) is 0 Å². The van der Waals surface area contributed by atoms with Gasteiger partial charge in [0.25, 0.3) is 5.56 Å². The van der Waals surface area contributed by atoms with Crippen LogP contribution >= 0.6 is 22.9 Å². The summed E-state index contributed by atoms with van der Waals surface area (Å²) in [5, 5.41) is 8.30. The molecule has 0 amide bonds. The van der Waals surface area contributed by atoms with Gasteiger partial charge in [-0.3, -0.25) is 4.79 Å². The molecule has 1 N–H and O–H groups in total. The van der Waals surface area contributed by atoms with E-state index in [1.54, 1.807) is 6.07 Å². The van der Waals surface area contributed by atoms with E-state index >= 15 is 0 Å². The van der Waals surface area contributed by atoms with E-state index in [1.807, 2.05) is 13.8 Å². The molecule has 0 bridgehead atoms. The first-order chi connectivity index (χ1) is 11.0. The molecule has 0 saturated heterocycles. The number of benzene rings is 1. The van der Waals surface area contributed by atoms with Gasteiger partial charge in [0.05, 0.1) is 6.04 Å². The highest BCUT2D eigenvalue weighted by Crippen LogP contribution is 2.28. The highest BCUT2D eigenvalue weighted by molar-refractivity contribution is 7.20. The molecule has 3 aromatic rings. The lowest BCUT2D eigenvalue weighted by Gasteiger charge is -2.14. The quantitative estimate of drug-likeness (QED) is 0.778. The Bertz CT molecular complexity index is 923. The molecular formula is C15H14ClFN4OS. The van der Waals surface area contributed by atoms with Gasteiger partial charge in [-0.05, 0) is 31.0 Å². The van der Waals surface area contributed by atoms with E-state index in [-0.39, 0.29) is 17.4 Å². The van der Waals surface area contributed by atoms with E-state index in [0.29, 0.717) is 21.5 Å². The zero-order valence-electron chi connectivity index (χ0n) is 12.5. The monoisotopic (exact) mass is 352 g/mol. The van der Waals surface area contributed by atoms with Crippen LogP contribution in [0.1, 0.15) is 31.1 Å². The Balaban J connectivity index is 1.92. The van der Waals surface area contributed by atoms with Crippen molar-refractivity contribution in [2.75, 3.05) is 5.32 Å². The maximum absolute atomic E-state index is 13.1. The van der Waals surface area contributed by atoms with Gasteiger partial charge in [-0.25, -0.2) is 9.37 Å². The highest BCUT2D eigenvalue weighted by Gasteiger charge is 2.14. The van der Waals surface area contributed by atoms with Gasteiger partial charge in [-0.15, -0.1) is 5.10 Å². The summed E-state index contributed by atoms with van der Waals surface area (Å²) in [5.41, 5.74) is 1.28. The fourth-order valence-corrected chi connectivity index (χ4v) is 3.45. The molecule has 23 heavy (non-hydrogen) atoms. The summed E-state index contributed by atoms with van der Waals surface area (Å²) in [6.45, 7) is 3.83. The van der Waals surface area contributed by atoms with E-state index in [0.717, 1.165) is 11.3 Å². The summed E-state index contributed by atoms with van der Waals surface area (Å²) in [4.78, 5) is 16.9. The van der Waals surface area contributed by atoms with Gasteiger partial charge >= 0.3 is 0 Å². The molecule has 1 aromatic carbocycles. The Kier molecular flexibility index (Phi) is 4.32. The molecule has 1 atom stereocenters. The van der Waals surface area contributed by atoms with Gasteiger partial charge < -0.3 is 5.32 Å². The van der Waals surface area contributed by atoms with Crippen LogP contribution in [0, 0.1) is 5.82 Å². The Morgan fingerprint density at radius 1 is 1.43 bits per heavy atom. The summed E-state index contributed by atoms with van der Waals surface area (Å²) in [6.07, 6.45) is 0.688. The van der Waals surface area contributed by atoms with Crippen LogP contribution in [-0.4, -0.2) is 14.6 Å². The summed E-state index contributed by atoms with van der Waals surface area (Å²) in [5.74, 6) is -0.381. The lowest BCUT2D eigenvalue weighted by molar-refractivity contribution is 0.626. The number of hydrogen-bond donors (Lipinski definition) is 1. The smallest absolute Gasteiger partial charge is 0.275 e. The SMILES string of the molecule is CCc1cc(=O)n2nc(NC(C)c3ccc(F)cc3Cl)sc2n1. The number of fused-ring (bicyclic) bond motifs is 1. The normalized spacial score (nSPS) is 12.5. The fourth-order valence-electron chi connectivity index (χ4n) is 2.21. The molecule has 0 aliphatic carbocycles. The third-order valence-corrected chi connectivity index (χ3v) is 4.60. The molecule has 1 unspecified atom stereocenters. The fraction of sp³-hybridized carbons (Fsp3) is 0.267. The Labute approximate surface area is 140 Å². The second kappa shape index (κ2) is 6.25. The molecule has 0 spiro atoms. The van der Waals surface area contributed by atoms with Gasteiger partial charge in [-0.2, -0.15) is 4.52 Å². The van der Waals surface area contributed by atoms with Crippen molar-refractivity contribution >= 4 is 33.0 Å². The van der Waals surface area contributed by atoms with E-state index in [1.165, 1.54) is 34.1 Å². The molecule has 5 nitrogen and oxygen atoms in total. The standard InChI is InChI=1S/C15H14ClFN4OS/c1-3-10-7-13(22)21-15(19-10)23-14(20-21)18-8(2)11-5-4-9(17)6-12(11)16/h4-8H,3H2,1-2H3,(H,18,20). The van der Waals surface area contributed by atoms with E-state index < -0.39 is 0 Å². The second-order valence-electron chi connectivity index (χ2n) is 5.07. The largest absolute Gasteiger partial charge is 0.354 e. The van der Waals surface area contributed by atoms with Crippen molar-refractivity contribution < 1.29 is 4.39 Å². The minimum atomic E-state index is -0.381. The molecule has 0 aliphatic rings. The third kappa shape index (κ3) is 3.20. The molecule has 0 aliphatic heterocycles. The number of nitrogens with one attached hydrogen (secondary N) is 1. The first kappa shape index (κ1) is 15.9. The number of anilines is 1. The Morgan fingerprint density at radius 3 is 2.91 bits per heavy atom. The van der Waals surface area contributed by atoms with Gasteiger partial charge in [0.1, 0.15) is 5.82 Å². The van der Waals surface area contributed by atoms with Crippen LogP contribution in [0.15, 0.2) is 29.1 Å². The number of aryl methyl sites for hydroxylation is 1. The summed E-state index contributed by atoms with van der Waals surface area (Å²) >= 11 is 7.36. The Hall–Kier alpha value is -1.99. The highest BCUT2D eigenvalue weighted by atomic mass is 35.5. The number of aromatic nitrogens is 3. The van der Waals surface area contributed by atoms with Gasteiger partial charge in [0.2, 0.25) is 10.1 Å². The number of nitrogens with zero attached hydrogens (tertiary/aromatic N) is 3. The summed E-state index contributed by atoms with van der Waals surface area (Å²) < 4.78 is 14.4. The number of hydrogen-bond acceptors (Lipinski definition) is 5. The van der Waals surface area contributed by atoms with E-state index in [9.17, 15) is 9.18 Å². The average Bonchev–Trinajstić information content (AvgIpc) is 2.89. The maximum atomic E-state index is 13.1. The Morgan fingerprint density at radius 2 is 2.22 bits per heavy atom. The first-order valence-electron chi connectivity index (χ1n) is 7.09. The molecular weight excluding hydrogens is 339 g/mol. The third-order valence-electron chi connectivity index (χ3n) is 3.43. The van der Waals surface area contributed by atoms with Crippen LogP contribution < -0.4 is 10.9 Å². The van der Waals surface area contributed by atoms with Crippen molar-refractivity contribution in [1.82, 2.24) is 14.6 Å². The second-order valence-corrected chi connectivity index (χ2v) is 6.44. The lowest BCUT2D eigenvalue weighted by atomic mass is 10.1. The molecule has 2 aromatic heterocycles. The minimum absolute atomic E-state index is 0.190. The van der Waals surface area contributed by atoms with Crippen molar-refractivity contribution in [3.63, 3.8) is 0 Å².